The quantitative estimate of drug-likeness (QED) is 0.311. The molecule has 0 aromatic heterocycles. The van der Waals surface area contributed by atoms with E-state index >= 15 is 0 Å². The summed E-state index contributed by atoms with van der Waals surface area (Å²) in [6, 6.07) is 19.4. The molecule has 0 amide bonds. The molecule has 1 aliphatic rings. The Bertz CT molecular complexity index is 1540. The molecule has 1 heterocycles. The molecule has 0 aliphatic carbocycles. The van der Waals surface area contributed by atoms with Crippen molar-refractivity contribution in [1.29, 1.82) is 0 Å². The van der Waals surface area contributed by atoms with Crippen LogP contribution >= 0.6 is 0 Å². The van der Waals surface area contributed by atoms with Gasteiger partial charge in [-0.2, -0.15) is 17.5 Å². The second kappa shape index (κ2) is 8.94. The van der Waals surface area contributed by atoms with Crippen LogP contribution in [-0.4, -0.2) is 26.4 Å². The van der Waals surface area contributed by atoms with Crippen molar-refractivity contribution in [2.24, 2.45) is 0 Å². The van der Waals surface area contributed by atoms with Gasteiger partial charge in [-0.1, -0.05) is 42.0 Å². The van der Waals surface area contributed by atoms with Crippen LogP contribution < -0.4 is 4.74 Å². The average molecular weight is 512 g/mol. The van der Waals surface area contributed by atoms with Gasteiger partial charge >= 0.3 is 6.18 Å². The number of fused-ring (bicyclic) bond motifs is 2. The van der Waals surface area contributed by atoms with Crippen molar-refractivity contribution < 1.29 is 26.3 Å². The fourth-order valence-corrected chi connectivity index (χ4v) is 6.24. The molecule has 4 nitrogen and oxygen atoms in total. The third-order valence-corrected chi connectivity index (χ3v) is 8.54. The van der Waals surface area contributed by atoms with Crippen molar-refractivity contribution in [3.8, 4) is 16.9 Å². The van der Waals surface area contributed by atoms with Crippen molar-refractivity contribution in [1.82, 2.24) is 4.31 Å². The molecular formula is C28H24F3NO3S. The molecule has 1 aliphatic heterocycles. The normalized spacial score (nSPS) is 14.6. The smallest absolute Gasteiger partial charge is 0.416 e. The van der Waals surface area contributed by atoms with Crippen LogP contribution in [0.5, 0.6) is 5.75 Å². The number of halogens is 3. The molecule has 186 valence electrons. The van der Waals surface area contributed by atoms with Gasteiger partial charge in [-0.3, -0.25) is 0 Å². The lowest BCUT2D eigenvalue weighted by Crippen LogP contribution is -2.36. The number of nitrogens with zero attached hydrogens (tertiary/aromatic N) is 1. The summed E-state index contributed by atoms with van der Waals surface area (Å²) in [5.74, 6) is 0.613. The number of alkyl halides is 3. The number of hydrogen-bond donors (Lipinski definition) is 0. The molecule has 0 spiro atoms. The van der Waals surface area contributed by atoms with E-state index in [2.05, 4.69) is 0 Å². The third-order valence-electron chi connectivity index (χ3n) is 6.68. The molecule has 0 atom stereocenters. The average Bonchev–Trinajstić information content (AvgIpc) is 2.86. The minimum Gasteiger partial charge on any atom is -0.496 e. The summed E-state index contributed by atoms with van der Waals surface area (Å²) in [5.41, 5.74) is 3.45. The summed E-state index contributed by atoms with van der Waals surface area (Å²) >= 11 is 0. The predicted octanol–water partition coefficient (Wildman–Crippen LogP) is 6.59. The highest BCUT2D eigenvalue weighted by atomic mass is 32.2. The fraction of sp³-hybridized carbons (Fsp3) is 0.214. The molecule has 36 heavy (non-hydrogen) atoms. The lowest BCUT2D eigenvalue weighted by molar-refractivity contribution is -0.137. The molecular weight excluding hydrogens is 487 g/mol. The lowest BCUT2D eigenvalue weighted by Gasteiger charge is -2.30. The Labute approximate surface area is 208 Å². The highest BCUT2D eigenvalue weighted by Gasteiger charge is 2.32. The van der Waals surface area contributed by atoms with E-state index < -0.39 is 21.8 Å². The second-order valence-electron chi connectivity index (χ2n) is 8.92. The molecule has 8 heteroatoms. The van der Waals surface area contributed by atoms with Gasteiger partial charge in [0.25, 0.3) is 0 Å². The highest BCUT2D eigenvalue weighted by Crippen LogP contribution is 2.42. The van der Waals surface area contributed by atoms with Gasteiger partial charge in [0.1, 0.15) is 5.75 Å². The van der Waals surface area contributed by atoms with Crippen LogP contribution in [0.4, 0.5) is 13.2 Å². The van der Waals surface area contributed by atoms with Gasteiger partial charge in [0.05, 0.1) is 17.6 Å². The summed E-state index contributed by atoms with van der Waals surface area (Å²) in [7, 11) is -2.16. The fourth-order valence-electron chi connectivity index (χ4n) is 4.83. The number of methoxy groups -OCH3 is 1. The van der Waals surface area contributed by atoms with E-state index in [1.807, 2.05) is 31.2 Å². The molecule has 4 aromatic rings. The van der Waals surface area contributed by atoms with Crippen LogP contribution in [-0.2, 0) is 29.2 Å². The van der Waals surface area contributed by atoms with Crippen LogP contribution in [0.1, 0.15) is 22.3 Å². The maximum atomic E-state index is 13.4. The van der Waals surface area contributed by atoms with Gasteiger partial charge in [0.2, 0.25) is 10.0 Å². The Kier molecular flexibility index (Phi) is 6.04. The second-order valence-corrected chi connectivity index (χ2v) is 10.9. The van der Waals surface area contributed by atoms with E-state index in [0.29, 0.717) is 17.7 Å². The molecule has 0 saturated heterocycles. The lowest BCUT2D eigenvalue weighted by atomic mass is 9.86. The van der Waals surface area contributed by atoms with Crippen molar-refractivity contribution in [2.75, 3.05) is 13.7 Å². The maximum Gasteiger partial charge on any atom is 0.416 e. The van der Waals surface area contributed by atoms with Crippen LogP contribution in [0.25, 0.3) is 21.9 Å². The number of benzene rings is 4. The monoisotopic (exact) mass is 511 g/mol. The molecule has 0 N–H and O–H groups in total. The van der Waals surface area contributed by atoms with E-state index in [1.165, 1.54) is 16.4 Å². The zero-order valence-corrected chi connectivity index (χ0v) is 20.6. The Morgan fingerprint density at radius 3 is 2.25 bits per heavy atom. The minimum absolute atomic E-state index is 0.160. The van der Waals surface area contributed by atoms with Crippen LogP contribution in [0.15, 0.2) is 77.7 Å². The zero-order chi connectivity index (χ0) is 25.7. The van der Waals surface area contributed by atoms with E-state index in [9.17, 15) is 21.6 Å². The Balaban J connectivity index is 1.65. The van der Waals surface area contributed by atoms with Crippen molar-refractivity contribution in [3.63, 3.8) is 0 Å². The first-order valence-electron chi connectivity index (χ1n) is 11.5. The molecule has 0 unspecified atom stereocenters. The van der Waals surface area contributed by atoms with Gasteiger partial charge in [0, 0.05) is 18.5 Å². The summed E-state index contributed by atoms with van der Waals surface area (Å²) < 4.78 is 73.3. The minimum atomic E-state index is -4.43. The first-order chi connectivity index (χ1) is 17.1. The van der Waals surface area contributed by atoms with E-state index in [1.54, 1.807) is 31.4 Å². The van der Waals surface area contributed by atoms with Gasteiger partial charge < -0.3 is 4.74 Å². The summed E-state index contributed by atoms with van der Waals surface area (Å²) in [6.45, 7) is 2.33. The Hall–Kier alpha value is -3.36. The zero-order valence-electron chi connectivity index (χ0n) is 19.8. The predicted molar refractivity (Wildman–Crippen MR) is 133 cm³/mol. The van der Waals surface area contributed by atoms with Crippen molar-refractivity contribution in [2.45, 2.75) is 31.0 Å². The van der Waals surface area contributed by atoms with Crippen LogP contribution in [0.2, 0.25) is 0 Å². The molecule has 4 aromatic carbocycles. The number of aryl methyl sites for hydroxylation is 1. The first-order valence-corrected chi connectivity index (χ1v) is 12.9. The molecule has 5 rings (SSSR count). The molecule has 0 saturated carbocycles. The topological polar surface area (TPSA) is 46.6 Å². The van der Waals surface area contributed by atoms with Crippen molar-refractivity contribution >= 4 is 20.8 Å². The van der Waals surface area contributed by atoms with Crippen LogP contribution in [0.3, 0.4) is 0 Å². The third kappa shape index (κ3) is 4.24. The van der Waals surface area contributed by atoms with Gasteiger partial charge in [0.15, 0.2) is 0 Å². The van der Waals surface area contributed by atoms with E-state index in [-0.39, 0.29) is 18.0 Å². The standard InChI is InChI=1S/C28H24F3NO3S/c1-18-6-12-22(13-7-18)36(33,34)32-15-14-23-20(17-32)16-25-24(4-3-5-26(25)35-2)27(23)19-8-10-21(11-9-19)28(29,30)31/h3-13,16H,14-15,17H2,1-2H3. The van der Waals surface area contributed by atoms with Crippen LogP contribution in [0, 0.1) is 6.92 Å². The largest absolute Gasteiger partial charge is 0.496 e. The van der Waals surface area contributed by atoms with E-state index in [0.717, 1.165) is 45.2 Å². The Morgan fingerprint density at radius 2 is 1.61 bits per heavy atom. The summed E-state index contributed by atoms with van der Waals surface area (Å²) in [4.78, 5) is 0.234. The highest BCUT2D eigenvalue weighted by molar-refractivity contribution is 7.89. The Morgan fingerprint density at radius 1 is 0.917 bits per heavy atom. The van der Waals surface area contributed by atoms with Gasteiger partial charge in [-0.05, 0) is 77.4 Å². The number of hydrogen-bond acceptors (Lipinski definition) is 3. The SMILES string of the molecule is COc1cccc2c(-c3ccc(C(F)(F)F)cc3)c3c(cc12)CN(S(=O)(=O)c1ccc(C)cc1)CC3. The first kappa shape index (κ1) is 24.3. The summed E-state index contributed by atoms with van der Waals surface area (Å²) in [5, 5.41) is 1.63. The van der Waals surface area contributed by atoms with Gasteiger partial charge in [-0.25, -0.2) is 8.42 Å². The van der Waals surface area contributed by atoms with Crippen molar-refractivity contribution in [3.05, 3.63) is 95.1 Å². The summed E-state index contributed by atoms with van der Waals surface area (Å²) in [6.07, 6.45) is -3.99. The number of rotatable bonds is 4. The van der Waals surface area contributed by atoms with E-state index in [4.69, 9.17) is 4.74 Å². The number of ether oxygens (including phenoxy) is 1. The number of sulfonamides is 1. The maximum absolute atomic E-state index is 13.4. The molecule has 0 fully saturated rings. The molecule has 0 radical (unpaired) electrons. The molecule has 0 bridgehead atoms. The van der Waals surface area contributed by atoms with Gasteiger partial charge in [-0.15, -0.1) is 0 Å².